The summed E-state index contributed by atoms with van der Waals surface area (Å²) in [4.78, 5) is 9.27. The molecule has 94 valence electrons. The quantitative estimate of drug-likeness (QED) is 0.850. The van der Waals surface area contributed by atoms with Gasteiger partial charge in [0, 0.05) is 11.4 Å². The van der Waals surface area contributed by atoms with Gasteiger partial charge >= 0.3 is 0 Å². The van der Waals surface area contributed by atoms with Crippen molar-refractivity contribution in [2.45, 2.75) is 58.4 Å². The number of nitrogens with zero attached hydrogens (tertiary/aromatic N) is 2. The van der Waals surface area contributed by atoms with Gasteiger partial charge in [-0.3, -0.25) is 0 Å². The normalized spacial score (nSPS) is 17.5. The lowest BCUT2D eigenvalue weighted by Crippen LogP contribution is -2.18. The molecule has 3 nitrogen and oxygen atoms in total. The first-order valence-corrected chi connectivity index (χ1v) is 6.75. The molecule has 1 unspecified atom stereocenters. The van der Waals surface area contributed by atoms with E-state index in [1.165, 1.54) is 12.8 Å². The van der Waals surface area contributed by atoms with Crippen LogP contribution in [0.4, 0.5) is 0 Å². The number of aromatic nitrogens is 2. The van der Waals surface area contributed by atoms with Crippen LogP contribution in [0, 0.1) is 5.92 Å². The van der Waals surface area contributed by atoms with Gasteiger partial charge in [0.25, 0.3) is 0 Å². The molecule has 0 bridgehead atoms. The second kappa shape index (κ2) is 5.13. The minimum atomic E-state index is 0.0457. The van der Waals surface area contributed by atoms with Crippen LogP contribution in [0.2, 0.25) is 0 Å². The number of nitrogens with two attached hydrogens (primary N) is 1. The Balaban J connectivity index is 2.29. The number of rotatable bonds is 5. The molecule has 0 spiro atoms. The summed E-state index contributed by atoms with van der Waals surface area (Å²) in [6, 6.07) is 2.18. The monoisotopic (exact) mass is 233 g/mol. The highest BCUT2D eigenvalue weighted by atomic mass is 14.9. The van der Waals surface area contributed by atoms with E-state index in [1.54, 1.807) is 0 Å². The van der Waals surface area contributed by atoms with Crippen LogP contribution in [0.25, 0.3) is 0 Å². The van der Waals surface area contributed by atoms with Crippen molar-refractivity contribution in [3.05, 3.63) is 23.3 Å². The maximum atomic E-state index is 6.21. The van der Waals surface area contributed by atoms with E-state index in [-0.39, 0.29) is 6.04 Å². The summed E-state index contributed by atoms with van der Waals surface area (Å²) in [6.07, 6.45) is 4.61. The van der Waals surface area contributed by atoms with Crippen molar-refractivity contribution < 1.29 is 0 Å². The summed E-state index contributed by atoms with van der Waals surface area (Å²) >= 11 is 0. The lowest BCUT2D eigenvalue weighted by Gasteiger charge is -2.14. The Labute approximate surface area is 104 Å². The molecule has 2 N–H and O–H groups in total. The number of hydrogen-bond acceptors (Lipinski definition) is 3. The van der Waals surface area contributed by atoms with Gasteiger partial charge in [-0.25, -0.2) is 9.97 Å². The van der Waals surface area contributed by atoms with Crippen molar-refractivity contribution in [3.8, 4) is 0 Å². The topological polar surface area (TPSA) is 51.8 Å². The van der Waals surface area contributed by atoms with E-state index in [2.05, 4.69) is 36.8 Å². The van der Waals surface area contributed by atoms with Crippen molar-refractivity contribution in [2.75, 3.05) is 0 Å². The van der Waals surface area contributed by atoms with Gasteiger partial charge in [-0.15, -0.1) is 0 Å². The molecule has 1 heterocycles. The summed E-state index contributed by atoms with van der Waals surface area (Å²) in [5.74, 6) is 1.92. The average Bonchev–Trinajstić information content (AvgIpc) is 3.12. The summed E-state index contributed by atoms with van der Waals surface area (Å²) in [5, 5.41) is 0. The highest BCUT2D eigenvalue weighted by Gasteiger charge is 2.31. The molecule has 0 aromatic carbocycles. The van der Waals surface area contributed by atoms with Crippen molar-refractivity contribution in [3.63, 3.8) is 0 Å². The van der Waals surface area contributed by atoms with Gasteiger partial charge in [0.15, 0.2) is 0 Å². The molecule has 1 fully saturated rings. The smallest absolute Gasteiger partial charge is 0.145 e. The molecule has 1 aromatic rings. The van der Waals surface area contributed by atoms with E-state index in [0.717, 1.165) is 30.1 Å². The molecule has 1 atom stereocenters. The molecule has 17 heavy (non-hydrogen) atoms. The summed E-state index contributed by atoms with van der Waals surface area (Å²) < 4.78 is 0. The van der Waals surface area contributed by atoms with Crippen molar-refractivity contribution in [2.24, 2.45) is 11.7 Å². The molecule has 2 rings (SSSR count). The number of hydrogen-bond donors (Lipinski definition) is 1. The summed E-state index contributed by atoms with van der Waals surface area (Å²) in [5.41, 5.74) is 8.49. The Morgan fingerprint density at radius 1 is 1.35 bits per heavy atom. The van der Waals surface area contributed by atoms with Gasteiger partial charge in [-0.05, 0) is 37.2 Å². The Hall–Kier alpha value is -0.960. The first-order valence-electron chi connectivity index (χ1n) is 6.75. The van der Waals surface area contributed by atoms with Gasteiger partial charge in [-0.1, -0.05) is 27.2 Å². The molecule has 1 aromatic heterocycles. The van der Waals surface area contributed by atoms with Gasteiger partial charge in [0.2, 0.25) is 0 Å². The molecular weight excluding hydrogens is 210 g/mol. The van der Waals surface area contributed by atoms with Gasteiger partial charge in [0.05, 0.1) is 6.04 Å². The van der Waals surface area contributed by atoms with Crippen LogP contribution < -0.4 is 5.73 Å². The lowest BCUT2D eigenvalue weighted by molar-refractivity contribution is 0.580. The van der Waals surface area contributed by atoms with E-state index in [4.69, 9.17) is 5.73 Å². The molecule has 1 aliphatic rings. The zero-order valence-electron chi connectivity index (χ0n) is 11.1. The third-order valence-electron chi connectivity index (χ3n) is 3.34. The van der Waals surface area contributed by atoms with Gasteiger partial charge in [0.1, 0.15) is 5.82 Å². The SMILES string of the molecule is CCCc1cc(C(C)C)nc(C(N)C2CC2)n1. The fourth-order valence-electron chi connectivity index (χ4n) is 2.03. The molecule has 1 aliphatic carbocycles. The molecule has 0 aliphatic heterocycles. The summed E-state index contributed by atoms with van der Waals surface area (Å²) in [7, 11) is 0. The Bertz CT molecular complexity index is 383. The van der Waals surface area contributed by atoms with Crippen LogP contribution in [0.3, 0.4) is 0 Å². The molecular formula is C14H23N3. The molecule has 0 saturated heterocycles. The maximum absolute atomic E-state index is 6.21. The second-order valence-corrected chi connectivity index (χ2v) is 5.41. The lowest BCUT2D eigenvalue weighted by atomic mass is 10.1. The molecule has 1 saturated carbocycles. The standard InChI is InChI=1S/C14H23N3/c1-4-5-11-8-12(9(2)3)17-14(16-11)13(15)10-6-7-10/h8-10,13H,4-7,15H2,1-3H3. The minimum Gasteiger partial charge on any atom is -0.321 e. The van der Waals surface area contributed by atoms with E-state index in [0.29, 0.717) is 11.8 Å². The Morgan fingerprint density at radius 2 is 2.06 bits per heavy atom. The van der Waals surface area contributed by atoms with Crippen LogP contribution in [0.5, 0.6) is 0 Å². The van der Waals surface area contributed by atoms with Crippen LogP contribution in [-0.2, 0) is 6.42 Å². The molecule has 0 radical (unpaired) electrons. The van der Waals surface area contributed by atoms with Crippen LogP contribution >= 0.6 is 0 Å². The Kier molecular flexibility index (Phi) is 3.77. The number of aryl methyl sites for hydroxylation is 1. The minimum absolute atomic E-state index is 0.0457. The zero-order valence-corrected chi connectivity index (χ0v) is 11.1. The van der Waals surface area contributed by atoms with Crippen LogP contribution in [0.1, 0.15) is 69.2 Å². The molecule has 0 amide bonds. The highest BCUT2D eigenvalue weighted by Crippen LogP contribution is 2.38. The first kappa shape index (κ1) is 12.5. The van der Waals surface area contributed by atoms with Crippen molar-refractivity contribution >= 4 is 0 Å². The van der Waals surface area contributed by atoms with Crippen molar-refractivity contribution in [1.82, 2.24) is 9.97 Å². The largest absolute Gasteiger partial charge is 0.321 e. The predicted octanol–water partition coefficient (Wildman–Crippen LogP) is 2.96. The fourth-order valence-corrected chi connectivity index (χ4v) is 2.03. The second-order valence-electron chi connectivity index (χ2n) is 5.41. The third-order valence-corrected chi connectivity index (χ3v) is 3.34. The highest BCUT2D eigenvalue weighted by molar-refractivity contribution is 5.17. The van der Waals surface area contributed by atoms with E-state index >= 15 is 0 Å². The predicted molar refractivity (Wildman–Crippen MR) is 69.8 cm³/mol. The van der Waals surface area contributed by atoms with Crippen molar-refractivity contribution in [1.29, 1.82) is 0 Å². The van der Waals surface area contributed by atoms with E-state index < -0.39 is 0 Å². The third kappa shape index (κ3) is 3.03. The van der Waals surface area contributed by atoms with E-state index in [1.807, 2.05) is 0 Å². The van der Waals surface area contributed by atoms with Crippen LogP contribution in [-0.4, -0.2) is 9.97 Å². The zero-order chi connectivity index (χ0) is 12.4. The molecule has 3 heteroatoms. The fraction of sp³-hybridized carbons (Fsp3) is 0.714. The maximum Gasteiger partial charge on any atom is 0.145 e. The summed E-state index contributed by atoms with van der Waals surface area (Å²) in [6.45, 7) is 6.52. The van der Waals surface area contributed by atoms with Crippen LogP contribution in [0.15, 0.2) is 6.07 Å². The van der Waals surface area contributed by atoms with Gasteiger partial charge in [-0.2, -0.15) is 0 Å². The van der Waals surface area contributed by atoms with E-state index in [9.17, 15) is 0 Å². The van der Waals surface area contributed by atoms with Gasteiger partial charge < -0.3 is 5.73 Å². The first-order chi connectivity index (χ1) is 8.11. The average molecular weight is 233 g/mol. The Morgan fingerprint density at radius 3 is 2.59 bits per heavy atom.